The van der Waals surface area contributed by atoms with Gasteiger partial charge in [-0.3, -0.25) is 0 Å². The molecule has 2 unspecified atom stereocenters. The van der Waals surface area contributed by atoms with E-state index < -0.39 is 0 Å². The Morgan fingerprint density at radius 1 is 1.27 bits per heavy atom. The fourth-order valence-corrected chi connectivity index (χ4v) is 2.58. The quantitative estimate of drug-likeness (QED) is 0.591. The fraction of sp³-hybridized carbons (Fsp3) is 0.467. The van der Waals surface area contributed by atoms with Crippen LogP contribution in [0.15, 0.2) is 48.6 Å². The van der Waals surface area contributed by atoms with E-state index in [-0.39, 0.29) is 0 Å². The first kappa shape index (κ1) is 10.5. The molecule has 0 nitrogen and oxygen atoms in total. The molecule has 0 heterocycles. The second-order valence-corrected chi connectivity index (χ2v) is 4.47. The fourth-order valence-electron chi connectivity index (χ4n) is 2.58. The molecule has 0 spiro atoms. The predicted octanol–water partition coefficient (Wildman–Crippen LogP) is 4.42. The van der Waals surface area contributed by atoms with Gasteiger partial charge in [0.1, 0.15) is 0 Å². The summed E-state index contributed by atoms with van der Waals surface area (Å²) in [5.41, 5.74) is 1.48. The molecule has 0 saturated heterocycles. The molecule has 0 amide bonds. The minimum Gasteiger partial charge on any atom is -0.102 e. The highest BCUT2D eigenvalue weighted by Crippen LogP contribution is 2.32. The van der Waals surface area contributed by atoms with E-state index >= 15 is 0 Å². The maximum absolute atomic E-state index is 4.00. The third-order valence-electron chi connectivity index (χ3n) is 3.42. The number of hydrogen-bond donors (Lipinski definition) is 0. The number of allylic oxidation sites excluding steroid dienone is 7. The van der Waals surface area contributed by atoms with E-state index in [4.69, 9.17) is 0 Å². The molecule has 15 heavy (non-hydrogen) atoms. The van der Waals surface area contributed by atoms with Gasteiger partial charge in [-0.1, -0.05) is 36.5 Å². The van der Waals surface area contributed by atoms with E-state index in [0.29, 0.717) is 11.8 Å². The lowest BCUT2D eigenvalue weighted by atomic mass is 9.79. The van der Waals surface area contributed by atoms with Gasteiger partial charge >= 0.3 is 0 Å². The molecular weight excluding hydrogens is 180 g/mol. The molecule has 0 aliphatic heterocycles. The van der Waals surface area contributed by atoms with Gasteiger partial charge in [-0.05, 0) is 43.6 Å². The Bertz CT molecular complexity index is 304. The van der Waals surface area contributed by atoms with Gasteiger partial charge in [0.05, 0.1) is 0 Å². The van der Waals surface area contributed by atoms with E-state index in [1.807, 2.05) is 0 Å². The summed E-state index contributed by atoms with van der Waals surface area (Å²) in [4.78, 5) is 0. The summed E-state index contributed by atoms with van der Waals surface area (Å²) in [6.07, 6.45) is 20.1. The normalized spacial score (nSPS) is 27.2. The highest BCUT2D eigenvalue weighted by molar-refractivity contribution is 5.29. The molecule has 2 aliphatic rings. The van der Waals surface area contributed by atoms with Crippen LogP contribution in [0.5, 0.6) is 0 Å². The number of rotatable bonds is 3. The summed E-state index contributed by atoms with van der Waals surface area (Å²) < 4.78 is 0. The van der Waals surface area contributed by atoms with E-state index in [1.165, 1.54) is 37.7 Å². The van der Waals surface area contributed by atoms with Crippen molar-refractivity contribution < 1.29 is 0 Å². The first-order chi connectivity index (χ1) is 7.42. The molecular formula is C15H20. The Morgan fingerprint density at radius 3 is 2.80 bits per heavy atom. The second kappa shape index (κ2) is 5.16. The lowest BCUT2D eigenvalue weighted by molar-refractivity contribution is 0.466. The van der Waals surface area contributed by atoms with Gasteiger partial charge < -0.3 is 0 Å². The van der Waals surface area contributed by atoms with Gasteiger partial charge in [0.15, 0.2) is 0 Å². The molecule has 2 rings (SSSR count). The molecule has 0 fully saturated rings. The molecule has 0 heteroatoms. The SMILES string of the molecule is C=CC(C1=CCCC=C1)C1C=CCCC1. The van der Waals surface area contributed by atoms with Crippen LogP contribution in [0.1, 0.15) is 32.1 Å². The van der Waals surface area contributed by atoms with Crippen molar-refractivity contribution in [1.82, 2.24) is 0 Å². The number of hydrogen-bond acceptors (Lipinski definition) is 0. The van der Waals surface area contributed by atoms with Gasteiger partial charge in [-0.2, -0.15) is 0 Å². The summed E-state index contributed by atoms with van der Waals surface area (Å²) in [7, 11) is 0. The molecule has 0 aromatic carbocycles. The Labute approximate surface area is 93.1 Å². The van der Waals surface area contributed by atoms with Crippen molar-refractivity contribution in [3.8, 4) is 0 Å². The molecule has 2 atom stereocenters. The topological polar surface area (TPSA) is 0 Å². The van der Waals surface area contributed by atoms with E-state index in [2.05, 4.69) is 43.0 Å². The van der Waals surface area contributed by atoms with Crippen molar-refractivity contribution in [2.24, 2.45) is 11.8 Å². The molecule has 0 bridgehead atoms. The zero-order chi connectivity index (χ0) is 10.5. The highest BCUT2D eigenvalue weighted by Gasteiger charge is 2.20. The van der Waals surface area contributed by atoms with Gasteiger partial charge in [0, 0.05) is 5.92 Å². The first-order valence-corrected chi connectivity index (χ1v) is 6.07. The standard InChI is InChI=1S/C15H20/c1-2-15(13-9-5-3-6-10-13)14-11-7-4-8-12-14/h2,5,7,9-11,14-15H,1,3-4,6,8,12H2. The Balaban J connectivity index is 2.12. The third-order valence-corrected chi connectivity index (χ3v) is 3.42. The minimum absolute atomic E-state index is 0.540. The average molecular weight is 200 g/mol. The van der Waals surface area contributed by atoms with Crippen LogP contribution in [0.3, 0.4) is 0 Å². The van der Waals surface area contributed by atoms with Gasteiger partial charge in [-0.25, -0.2) is 0 Å². The smallest absolute Gasteiger partial charge is 0.00749 e. The lowest BCUT2D eigenvalue weighted by Crippen LogP contribution is -2.14. The summed E-state index contributed by atoms with van der Waals surface area (Å²) >= 11 is 0. The molecule has 0 aromatic heterocycles. The maximum Gasteiger partial charge on any atom is 0.00749 e. The minimum atomic E-state index is 0.540. The Morgan fingerprint density at radius 2 is 2.20 bits per heavy atom. The van der Waals surface area contributed by atoms with Gasteiger partial charge in [0.2, 0.25) is 0 Å². The van der Waals surface area contributed by atoms with Crippen LogP contribution < -0.4 is 0 Å². The van der Waals surface area contributed by atoms with Crippen molar-refractivity contribution in [3.63, 3.8) is 0 Å². The second-order valence-electron chi connectivity index (χ2n) is 4.47. The van der Waals surface area contributed by atoms with Crippen molar-refractivity contribution in [2.45, 2.75) is 32.1 Å². The molecule has 2 aliphatic carbocycles. The van der Waals surface area contributed by atoms with Gasteiger partial charge in [-0.15, -0.1) is 6.58 Å². The predicted molar refractivity (Wildman–Crippen MR) is 66.6 cm³/mol. The highest BCUT2D eigenvalue weighted by atomic mass is 14.2. The van der Waals surface area contributed by atoms with E-state index in [9.17, 15) is 0 Å². The van der Waals surface area contributed by atoms with Crippen LogP contribution in [0.25, 0.3) is 0 Å². The largest absolute Gasteiger partial charge is 0.102 e. The molecule has 0 saturated carbocycles. The summed E-state index contributed by atoms with van der Waals surface area (Å²) in [5.74, 6) is 1.23. The van der Waals surface area contributed by atoms with Crippen LogP contribution in [0.4, 0.5) is 0 Å². The first-order valence-electron chi connectivity index (χ1n) is 6.07. The monoisotopic (exact) mass is 200 g/mol. The van der Waals surface area contributed by atoms with Crippen molar-refractivity contribution >= 4 is 0 Å². The lowest BCUT2D eigenvalue weighted by Gasteiger charge is -2.26. The van der Waals surface area contributed by atoms with Crippen LogP contribution >= 0.6 is 0 Å². The molecule has 0 N–H and O–H groups in total. The molecule has 0 aromatic rings. The average Bonchev–Trinajstić information content (AvgIpc) is 2.33. The van der Waals surface area contributed by atoms with Crippen LogP contribution in [0, 0.1) is 11.8 Å². The zero-order valence-electron chi connectivity index (χ0n) is 9.36. The van der Waals surface area contributed by atoms with Gasteiger partial charge in [0.25, 0.3) is 0 Å². The molecule has 0 radical (unpaired) electrons. The molecule has 80 valence electrons. The maximum atomic E-state index is 4.00. The van der Waals surface area contributed by atoms with Crippen molar-refractivity contribution in [2.75, 3.05) is 0 Å². The third kappa shape index (κ3) is 2.50. The van der Waals surface area contributed by atoms with Crippen molar-refractivity contribution in [1.29, 1.82) is 0 Å². The Hall–Kier alpha value is -1.04. The van der Waals surface area contributed by atoms with Crippen LogP contribution in [-0.4, -0.2) is 0 Å². The van der Waals surface area contributed by atoms with Crippen LogP contribution in [-0.2, 0) is 0 Å². The summed E-state index contributed by atoms with van der Waals surface area (Å²) in [6.45, 7) is 4.00. The van der Waals surface area contributed by atoms with Crippen LogP contribution in [0.2, 0.25) is 0 Å². The zero-order valence-corrected chi connectivity index (χ0v) is 9.36. The summed E-state index contributed by atoms with van der Waals surface area (Å²) in [6, 6.07) is 0. The van der Waals surface area contributed by atoms with Crippen molar-refractivity contribution in [3.05, 3.63) is 48.6 Å². The van der Waals surface area contributed by atoms with E-state index in [0.717, 1.165) is 0 Å². The Kier molecular flexibility index (Phi) is 3.60. The summed E-state index contributed by atoms with van der Waals surface area (Å²) in [5, 5.41) is 0. The van der Waals surface area contributed by atoms with E-state index in [1.54, 1.807) is 0 Å².